The summed E-state index contributed by atoms with van der Waals surface area (Å²) in [4.78, 5) is 184. The summed E-state index contributed by atoms with van der Waals surface area (Å²) < 4.78 is 0. The van der Waals surface area contributed by atoms with E-state index in [1.165, 1.54) is 0 Å². The highest BCUT2D eigenvalue weighted by Crippen LogP contribution is 2.12. The van der Waals surface area contributed by atoms with Crippen molar-refractivity contribution in [1.82, 2.24) is 63.8 Å². The highest BCUT2D eigenvalue weighted by Gasteiger charge is 2.36. The second-order valence-electron chi connectivity index (χ2n) is 21.3. The van der Waals surface area contributed by atoms with Gasteiger partial charge in [0, 0.05) is 39.0 Å². The second kappa shape index (κ2) is 39.2. The van der Waals surface area contributed by atoms with E-state index in [0.29, 0.717) is 0 Å². The molecular weight excluding hydrogens is 1130 g/mol. The van der Waals surface area contributed by atoms with Gasteiger partial charge in [-0.05, 0) is 82.5 Å². The number of nitrogens with one attached hydrogen (secondary N) is 12. The van der Waals surface area contributed by atoms with Crippen LogP contribution in [-0.2, 0) is 67.2 Å². The highest BCUT2D eigenvalue weighted by molar-refractivity contribution is 5.99. The molecule has 2 rings (SSSR count). The summed E-state index contributed by atoms with van der Waals surface area (Å²) in [5.41, 5.74) is 27.7. The van der Waals surface area contributed by atoms with Gasteiger partial charge in [-0.15, -0.1) is 0 Å². The van der Waals surface area contributed by atoms with Crippen LogP contribution >= 0.6 is 0 Å². The van der Waals surface area contributed by atoms with E-state index in [9.17, 15) is 67.4 Å². The summed E-state index contributed by atoms with van der Waals surface area (Å²) in [5, 5.41) is 49.0. The topological polar surface area (TPSA) is 571 Å². The molecule has 2 fully saturated rings. The molecule has 2 heterocycles. The largest absolute Gasteiger partial charge is 0.481 e. The Morgan fingerprint density at radius 1 is 0.523 bits per heavy atom. The van der Waals surface area contributed by atoms with E-state index >= 15 is 0 Å². The Balaban J connectivity index is 2.06. The lowest BCUT2D eigenvalue weighted by atomic mass is 10.0. The van der Waals surface area contributed by atoms with Crippen LogP contribution in [0, 0.1) is 11.8 Å². The van der Waals surface area contributed by atoms with Gasteiger partial charge < -0.3 is 97.6 Å². The van der Waals surface area contributed by atoms with E-state index in [4.69, 9.17) is 33.9 Å². The standard InChI is InChI=1S/C51H89N19O16/c1-26(2)39-48(83)66-31(44(79)65-33(17-22-86-85)42(77)61-24-36(72)63-29(46(81)69-39)13-9-20-59-50(53)54)12-6-8-19-58-41(76)28(52)15-16-35(71)57-18-7-5-11-32-45(80)68-34(23-38(74)75)43(78)62-25-37(73)64-30(14-10-21-60-51(55)56)47(82)70-40(27(3)4)49(84)67-32/h26-34,39-40,85H,5-25,52H2,1-4H3,(H,57,71)(H,58,76)(H,61,77)(H,62,78)(H,63,72)(H,64,73)(H,65,79)(H,66,83)(H,67,84)(H,68,80)(H,69,81)(H,70,82)(H,74,75)(H4,53,54,59)(H4,55,56,60)/t28?,29-,30-,31?,32-,33-,34-,39+,40+/m1/s1. The van der Waals surface area contributed by atoms with E-state index < -0.39 is 169 Å². The van der Waals surface area contributed by atoms with Crippen molar-refractivity contribution in [3.8, 4) is 0 Å². The molecule has 0 aromatic carbocycles. The van der Waals surface area contributed by atoms with Gasteiger partial charge in [-0.1, -0.05) is 27.7 Å². The van der Waals surface area contributed by atoms with Gasteiger partial charge in [0.05, 0.1) is 32.2 Å². The number of aliphatic carboxylic acids is 1. The van der Waals surface area contributed by atoms with E-state index in [2.05, 4.69) is 78.7 Å². The van der Waals surface area contributed by atoms with Crippen LogP contribution < -0.4 is 92.5 Å². The van der Waals surface area contributed by atoms with Crippen LogP contribution in [0.5, 0.6) is 0 Å². The summed E-state index contributed by atoms with van der Waals surface area (Å²) in [6.07, 6.45) is -0.0728. The number of carboxylic acid groups (broad SMARTS) is 1. The van der Waals surface area contributed by atoms with Gasteiger partial charge in [0.1, 0.15) is 48.3 Å². The molecule has 2 aliphatic heterocycles. The minimum Gasteiger partial charge on any atom is -0.481 e. The Kier molecular flexibility index (Phi) is 33.6. The maximum absolute atomic E-state index is 13.8. The maximum Gasteiger partial charge on any atom is 0.305 e. The smallest absolute Gasteiger partial charge is 0.305 e. The lowest BCUT2D eigenvalue weighted by Gasteiger charge is -2.27. The van der Waals surface area contributed by atoms with Crippen LogP contribution in [0.1, 0.15) is 118 Å². The molecule has 24 N–H and O–H groups in total. The van der Waals surface area contributed by atoms with Gasteiger partial charge in [0.25, 0.3) is 0 Å². The van der Waals surface area contributed by atoms with E-state index in [0.717, 1.165) is 0 Å². The number of guanidine groups is 2. The third kappa shape index (κ3) is 28.9. The lowest BCUT2D eigenvalue weighted by Crippen LogP contribution is -2.59. The molecule has 0 aromatic heterocycles. The van der Waals surface area contributed by atoms with Crippen LogP contribution in [0.2, 0.25) is 0 Å². The van der Waals surface area contributed by atoms with Crippen LogP contribution in [0.25, 0.3) is 0 Å². The Bertz CT molecular complexity index is 2400. The third-order valence-electron chi connectivity index (χ3n) is 13.4. The summed E-state index contributed by atoms with van der Waals surface area (Å²) in [6, 6.07) is -11.6. The van der Waals surface area contributed by atoms with Crippen molar-refractivity contribution in [2.75, 3.05) is 45.9 Å². The summed E-state index contributed by atoms with van der Waals surface area (Å²) >= 11 is 0. The van der Waals surface area contributed by atoms with Crippen molar-refractivity contribution >= 4 is 88.8 Å². The minimum absolute atomic E-state index is 0.0136. The number of nitrogens with zero attached hydrogens (tertiary/aromatic N) is 2. The number of hydrogen-bond donors (Lipinski definition) is 19. The normalized spacial score (nSPS) is 22.7. The first-order chi connectivity index (χ1) is 40.6. The molecule has 2 saturated heterocycles. The molecule has 0 aliphatic carbocycles. The minimum atomic E-state index is -1.68. The molecule has 0 bridgehead atoms. The van der Waals surface area contributed by atoms with E-state index in [1.54, 1.807) is 27.7 Å². The van der Waals surface area contributed by atoms with Crippen molar-refractivity contribution in [1.29, 1.82) is 0 Å². The predicted octanol–water partition coefficient (Wildman–Crippen LogP) is -7.42. The molecule has 86 heavy (non-hydrogen) atoms. The molecule has 9 atom stereocenters. The summed E-state index contributed by atoms with van der Waals surface area (Å²) in [7, 11) is 0. The Morgan fingerprint density at radius 2 is 0.907 bits per heavy atom. The monoisotopic (exact) mass is 1220 g/mol. The SMILES string of the molecule is CC(C)[C@@H]1NC(=O)[C@@H](CCCN=C(N)N)NC(=O)CNC(=O)[C@@H](CCOO)NC(=O)C(CCCCNC(=O)C(N)CCC(=O)NCCCC[C@H]2NC(=O)[C@H](C(C)C)NC(=O)[C@@H](CCCN=C(N)N)NC(=O)CNC(=O)[C@@H](CC(=O)O)NC2=O)NC1=O. The summed E-state index contributed by atoms with van der Waals surface area (Å²) in [6.45, 7) is 5.21. The number of unbranched alkanes of at least 4 members (excludes halogenated alkanes) is 2. The lowest BCUT2D eigenvalue weighted by molar-refractivity contribution is -0.243. The number of carboxylic acids is 1. The molecule has 35 heteroatoms. The molecule has 2 aliphatic rings. The highest BCUT2D eigenvalue weighted by atomic mass is 17.1. The van der Waals surface area contributed by atoms with Crippen molar-refractivity contribution in [2.45, 2.75) is 172 Å². The number of amides is 12. The molecule has 2 unspecified atom stereocenters. The van der Waals surface area contributed by atoms with Gasteiger partial charge in [-0.3, -0.25) is 77.6 Å². The van der Waals surface area contributed by atoms with E-state index in [-0.39, 0.29) is 122 Å². The zero-order valence-corrected chi connectivity index (χ0v) is 49.1. The molecule has 484 valence electrons. The van der Waals surface area contributed by atoms with Crippen molar-refractivity contribution in [3.63, 3.8) is 0 Å². The molecule has 0 spiro atoms. The zero-order valence-electron chi connectivity index (χ0n) is 49.1. The fourth-order valence-corrected chi connectivity index (χ4v) is 8.65. The average molecular weight is 1220 g/mol. The molecule has 0 saturated carbocycles. The number of aliphatic imine (C=N–C) groups is 2. The Morgan fingerprint density at radius 3 is 1.34 bits per heavy atom. The van der Waals surface area contributed by atoms with Gasteiger partial charge in [0.2, 0.25) is 70.9 Å². The van der Waals surface area contributed by atoms with Gasteiger partial charge in [-0.2, -0.15) is 0 Å². The quantitative estimate of drug-likeness (QED) is 0.0109. The Hall–Kier alpha value is -8.47. The van der Waals surface area contributed by atoms with Gasteiger partial charge >= 0.3 is 5.97 Å². The molecule has 0 aromatic rings. The average Bonchev–Trinajstić information content (AvgIpc) is 3.57. The van der Waals surface area contributed by atoms with Gasteiger partial charge in [0.15, 0.2) is 11.9 Å². The third-order valence-corrected chi connectivity index (χ3v) is 13.4. The number of carbonyl (C=O) groups excluding carboxylic acids is 12. The molecule has 35 nitrogen and oxygen atoms in total. The van der Waals surface area contributed by atoms with Crippen molar-refractivity contribution < 1.29 is 77.6 Å². The van der Waals surface area contributed by atoms with E-state index in [1.807, 2.05) is 0 Å². The molecular formula is C51H89N19O16. The maximum atomic E-state index is 13.8. The first-order valence-electron chi connectivity index (χ1n) is 28.5. The first-order valence-corrected chi connectivity index (χ1v) is 28.5. The molecule has 0 radical (unpaired) electrons. The fraction of sp³-hybridized carbons (Fsp3) is 0.706. The predicted molar refractivity (Wildman–Crippen MR) is 307 cm³/mol. The van der Waals surface area contributed by atoms with Gasteiger partial charge in [-0.25, -0.2) is 4.89 Å². The first kappa shape index (κ1) is 73.6. The Labute approximate surface area is 497 Å². The van der Waals surface area contributed by atoms with Crippen LogP contribution in [0.15, 0.2) is 9.98 Å². The van der Waals surface area contributed by atoms with Crippen LogP contribution in [-0.4, -0.2) is 199 Å². The number of hydrogen-bond acceptors (Lipinski definition) is 18. The second-order valence-corrected chi connectivity index (χ2v) is 21.3. The number of carbonyl (C=O) groups is 13. The molecule has 12 amide bonds. The number of nitrogens with two attached hydrogens (primary N) is 5. The van der Waals surface area contributed by atoms with Crippen molar-refractivity contribution in [3.05, 3.63) is 0 Å². The van der Waals surface area contributed by atoms with Crippen LogP contribution in [0.3, 0.4) is 0 Å². The number of rotatable bonds is 29. The summed E-state index contributed by atoms with van der Waals surface area (Å²) in [5.74, 6) is -12.2. The van der Waals surface area contributed by atoms with Crippen molar-refractivity contribution in [2.24, 2.45) is 50.5 Å². The van der Waals surface area contributed by atoms with Crippen LogP contribution in [0.4, 0.5) is 0 Å². The fourth-order valence-electron chi connectivity index (χ4n) is 8.65. The zero-order chi connectivity index (χ0) is 64.5.